The molecule has 2 aliphatic heterocycles. The molecule has 2 N–H and O–H groups in total. The number of nitrogens with one attached hydrogen (secondary N) is 1. The van der Waals surface area contributed by atoms with Gasteiger partial charge in [-0.2, -0.15) is 0 Å². The number of hydrogen-bond donors (Lipinski definition) is 2. The number of aromatic amines is 1. The highest BCUT2D eigenvalue weighted by atomic mass is 79.9. The summed E-state index contributed by atoms with van der Waals surface area (Å²) < 4.78 is 7.32. The minimum Gasteiger partial charge on any atom is -0.489 e. The molecule has 7 atom stereocenters. The first-order valence-electron chi connectivity index (χ1n) is 13.2. The van der Waals surface area contributed by atoms with E-state index in [4.69, 9.17) is 4.74 Å². The highest BCUT2D eigenvalue weighted by Crippen LogP contribution is 2.69. The fourth-order valence-electron chi connectivity index (χ4n) is 7.54. The number of nitrogens with zero attached hydrogens (tertiary/aromatic N) is 1. The van der Waals surface area contributed by atoms with Crippen LogP contribution in [-0.2, 0) is 21.0 Å². The predicted octanol–water partition coefficient (Wildman–Crippen LogP) is 4.64. The number of aryl methyl sites for hydroxylation is 1. The lowest BCUT2D eigenvalue weighted by atomic mass is 9.68. The molecule has 7 rings (SSSR count). The van der Waals surface area contributed by atoms with E-state index >= 15 is 0 Å². The minimum absolute atomic E-state index is 0.00756. The number of halogens is 1. The number of thioether (sulfide) groups is 1. The molecule has 2 saturated carbocycles. The third-order valence-electron chi connectivity index (χ3n) is 9.06. The number of carbonyl (C=O) groups excluding carboxylic acids is 2. The number of thiazole rings is 1. The van der Waals surface area contributed by atoms with Gasteiger partial charge in [0.2, 0.25) is 11.8 Å². The molecule has 1 saturated heterocycles. The summed E-state index contributed by atoms with van der Waals surface area (Å²) in [6.45, 7) is 1.84. The number of amides is 2. The summed E-state index contributed by atoms with van der Waals surface area (Å²) in [6, 6.07) is 14.0. The van der Waals surface area contributed by atoms with Crippen molar-refractivity contribution >= 4 is 56.8 Å². The van der Waals surface area contributed by atoms with E-state index in [1.54, 1.807) is 11.8 Å². The molecule has 2 aliphatic carbocycles. The molecular formula is C29H25BrN2O6S2. The Morgan fingerprint density at radius 3 is 2.62 bits per heavy atom. The minimum atomic E-state index is -1.19. The fourth-order valence-corrected chi connectivity index (χ4v) is 10.8. The summed E-state index contributed by atoms with van der Waals surface area (Å²) in [6.07, 6.45) is 0.735. The summed E-state index contributed by atoms with van der Waals surface area (Å²) in [5.74, 6) is -2.62. The average Bonchev–Trinajstić information content (AvgIpc) is 3.64. The number of imide groups is 1. The number of hydrogen-bond acceptors (Lipinski definition) is 7. The molecule has 4 aliphatic rings. The molecular weight excluding hydrogens is 616 g/mol. The largest absolute Gasteiger partial charge is 0.489 e. The second-order valence-corrected chi connectivity index (χ2v) is 14.1. The normalized spacial score (nSPS) is 29.9. The Kier molecular flexibility index (Phi) is 6.25. The maximum atomic E-state index is 13.5. The Balaban J connectivity index is 1.31. The first-order chi connectivity index (χ1) is 19.2. The maximum Gasteiger partial charge on any atom is 0.323 e. The number of carboxylic acids is 1. The standard InChI is InChI=1S/C29H25BrN2O6S2/c1-12-4-2-3-5-13(12)11-38-18-7-6-14(30)8-15(18)20-21-16-9-17(24(21)39-26-25(20)40-29(37)31-26)23-22(16)27(35)32(28(23)36)10-19(33)34/h2-8,16-17,20-24H,9-11H2,1H3,(H,31,37)(H,33,34)/t16?,17?,20-,21?,22?,23?,24?/m1/s1. The highest BCUT2D eigenvalue weighted by Gasteiger charge is 2.69. The van der Waals surface area contributed by atoms with Crippen molar-refractivity contribution in [2.24, 2.45) is 29.6 Å². The molecule has 2 aromatic carbocycles. The molecule has 11 heteroatoms. The zero-order chi connectivity index (χ0) is 27.9. The van der Waals surface area contributed by atoms with Crippen LogP contribution in [0.15, 0.2) is 56.8 Å². The van der Waals surface area contributed by atoms with Crippen LogP contribution in [0, 0.1) is 36.5 Å². The fraction of sp³-hybridized carbons (Fsp3) is 0.379. The van der Waals surface area contributed by atoms with Gasteiger partial charge in [0, 0.05) is 26.1 Å². The number of H-pyrrole nitrogens is 1. The molecule has 2 amide bonds. The number of ether oxygens (including phenoxy) is 1. The van der Waals surface area contributed by atoms with Crippen LogP contribution in [0.5, 0.6) is 5.75 Å². The summed E-state index contributed by atoms with van der Waals surface area (Å²) in [5, 5.41) is 10.2. The van der Waals surface area contributed by atoms with Gasteiger partial charge in [0.1, 0.15) is 18.9 Å². The van der Waals surface area contributed by atoms with Crippen molar-refractivity contribution < 1.29 is 24.2 Å². The molecule has 3 fully saturated rings. The Morgan fingerprint density at radius 1 is 1.12 bits per heavy atom. The van der Waals surface area contributed by atoms with Gasteiger partial charge in [-0.15, -0.1) is 11.8 Å². The smallest absolute Gasteiger partial charge is 0.323 e. The van der Waals surface area contributed by atoms with E-state index in [-0.39, 0.29) is 45.6 Å². The Labute approximate surface area is 246 Å². The van der Waals surface area contributed by atoms with E-state index in [1.165, 1.54) is 11.3 Å². The summed E-state index contributed by atoms with van der Waals surface area (Å²) in [7, 11) is 0. The lowest BCUT2D eigenvalue weighted by Crippen LogP contribution is -2.42. The van der Waals surface area contributed by atoms with Crippen LogP contribution < -0.4 is 9.61 Å². The van der Waals surface area contributed by atoms with Gasteiger partial charge in [0.05, 0.1) is 16.9 Å². The van der Waals surface area contributed by atoms with Crippen LogP contribution in [0.1, 0.15) is 33.9 Å². The van der Waals surface area contributed by atoms with E-state index in [0.717, 1.165) is 48.1 Å². The number of aromatic nitrogens is 1. The zero-order valence-corrected chi connectivity index (χ0v) is 24.6. The molecule has 40 heavy (non-hydrogen) atoms. The van der Waals surface area contributed by atoms with Gasteiger partial charge in [-0.25, -0.2) is 0 Å². The average molecular weight is 642 g/mol. The molecule has 6 unspecified atom stereocenters. The van der Waals surface area contributed by atoms with Crippen molar-refractivity contribution in [3.63, 3.8) is 0 Å². The second-order valence-electron chi connectivity index (χ2n) is 11.0. The number of carbonyl (C=O) groups is 3. The van der Waals surface area contributed by atoms with Gasteiger partial charge < -0.3 is 14.8 Å². The number of benzene rings is 2. The molecule has 0 spiro atoms. The molecule has 2 bridgehead atoms. The van der Waals surface area contributed by atoms with E-state index < -0.39 is 24.3 Å². The van der Waals surface area contributed by atoms with Gasteiger partial charge in [0.25, 0.3) is 0 Å². The van der Waals surface area contributed by atoms with Crippen LogP contribution in [-0.4, -0.2) is 44.6 Å². The monoisotopic (exact) mass is 640 g/mol. The summed E-state index contributed by atoms with van der Waals surface area (Å²) in [5.41, 5.74) is 3.16. The number of aliphatic carboxylic acids is 1. The molecule has 0 radical (unpaired) electrons. The topological polar surface area (TPSA) is 117 Å². The Hall–Kier alpha value is -2.89. The van der Waals surface area contributed by atoms with Crippen molar-refractivity contribution in [3.05, 3.63) is 78.2 Å². The van der Waals surface area contributed by atoms with E-state index in [9.17, 15) is 24.3 Å². The molecule has 1 aromatic heterocycles. The van der Waals surface area contributed by atoms with Gasteiger partial charge in [-0.3, -0.25) is 24.1 Å². The van der Waals surface area contributed by atoms with Crippen molar-refractivity contribution in [2.75, 3.05) is 6.54 Å². The van der Waals surface area contributed by atoms with Crippen LogP contribution >= 0.6 is 39.0 Å². The zero-order valence-electron chi connectivity index (χ0n) is 21.3. The van der Waals surface area contributed by atoms with Crippen LogP contribution in [0.25, 0.3) is 0 Å². The predicted molar refractivity (Wildman–Crippen MR) is 153 cm³/mol. The van der Waals surface area contributed by atoms with Gasteiger partial charge in [-0.05, 0) is 60.4 Å². The van der Waals surface area contributed by atoms with Gasteiger partial charge >= 0.3 is 10.8 Å². The van der Waals surface area contributed by atoms with Crippen molar-refractivity contribution in [2.45, 2.75) is 36.1 Å². The van der Waals surface area contributed by atoms with Crippen LogP contribution in [0.4, 0.5) is 0 Å². The molecule has 8 nitrogen and oxygen atoms in total. The first-order valence-corrected chi connectivity index (χ1v) is 15.6. The van der Waals surface area contributed by atoms with Gasteiger partial charge in [-0.1, -0.05) is 51.5 Å². The maximum absolute atomic E-state index is 13.5. The number of carboxylic acid groups (broad SMARTS) is 1. The first kappa shape index (κ1) is 26.0. The lowest BCUT2D eigenvalue weighted by Gasteiger charge is -2.43. The van der Waals surface area contributed by atoms with E-state index in [0.29, 0.717) is 6.61 Å². The van der Waals surface area contributed by atoms with Crippen LogP contribution in [0.3, 0.4) is 0 Å². The second kappa shape index (κ2) is 9.60. The Bertz CT molecular complexity index is 1630. The van der Waals surface area contributed by atoms with Crippen molar-refractivity contribution in [1.29, 1.82) is 0 Å². The van der Waals surface area contributed by atoms with Crippen LogP contribution in [0.2, 0.25) is 0 Å². The number of likely N-dealkylation sites (tertiary alicyclic amines) is 1. The summed E-state index contributed by atoms with van der Waals surface area (Å²) >= 11 is 6.43. The van der Waals surface area contributed by atoms with Crippen molar-refractivity contribution in [1.82, 2.24) is 9.88 Å². The number of rotatable bonds is 6. The van der Waals surface area contributed by atoms with E-state index in [2.05, 4.69) is 20.9 Å². The van der Waals surface area contributed by atoms with E-state index in [1.807, 2.05) is 49.4 Å². The molecule has 3 aromatic rings. The summed E-state index contributed by atoms with van der Waals surface area (Å²) in [4.78, 5) is 55.6. The quantitative estimate of drug-likeness (QED) is 0.377. The highest BCUT2D eigenvalue weighted by molar-refractivity contribution is 9.10. The SMILES string of the molecule is Cc1ccccc1COc1ccc(Br)cc1[C@H]1c2sc(=O)[nH]c2SC2C3CC(C4C(=O)N(CC(=O)O)C(=O)C34)C21. The third kappa shape index (κ3) is 3.92. The molecule has 206 valence electrons. The molecule has 3 heterocycles. The number of fused-ring (bicyclic) bond motifs is 9. The van der Waals surface area contributed by atoms with Crippen molar-refractivity contribution in [3.8, 4) is 5.75 Å². The van der Waals surface area contributed by atoms with Gasteiger partial charge in [0.15, 0.2) is 0 Å². The Morgan fingerprint density at radius 2 is 1.88 bits per heavy atom. The lowest BCUT2D eigenvalue weighted by molar-refractivity contribution is -0.149. The third-order valence-corrected chi connectivity index (χ3v) is 12.1.